The molecule has 2 rings (SSSR count). The van der Waals surface area contributed by atoms with Gasteiger partial charge in [0.15, 0.2) is 0 Å². The fourth-order valence-electron chi connectivity index (χ4n) is 2.53. The van der Waals surface area contributed by atoms with Gasteiger partial charge in [-0.25, -0.2) is 14.8 Å². The molecule has 0 saturated heterocycles. The van der Waals surface area contributed by atoms with Crippen molar-refractivity contribution in [2.24, 2.45) is 0 Å². The van der Waals surface area contributed by atoms with Crippen molar-refractivity contribution >= 4 is 17.7 Å². The Morgan fingerprint density at radius 2 is 1.81 bits per heavy atom. The van der Waals surface area contributed by atoms with Crippen molar-refractivity contribution in [3.63, 3.8) is 0 Å². The van der Waals surface area contributed by atoms with E-state index in [-0.39, 0.29) is 6.01 Å². The highest BCUT2D eigenvalue weighted by atomic mass is 16.6. The van der Waals surface area contributed by atoms with E-state index in [0.717, 1.165) is 11.3 Å². The first-order valence-electron chi connectivity index (χ1n) is 10.1. The van der Waals surface area contributed by atoms with Crippen LogP contribution in [0.25, 0.3) is 0 Å². The zero-order valence-electron chi connectivity index (χ0n) is 18.8. The van der Waals surface area contributed by atoms with Gasteiger partial charge in [-0.1, -0.05) is 13.0 Å². The van der Waals surface area contributed by atoms with E-state index >= 15 is 0 Å². The molecule has 1 atom stereocenters. The number of rotatable bonds is 8. The lowest BCUT2D eigenvalue weighted by Gasteiger charge is -2.22. The number of aromatic nitrogens is 2. The second kappa shape index (κ2) is 10.6. The zero-order chi connectivity index (χ0) is 23.0. The Morgan fingerprint density at radius 1 is 1.13 bits per heavy atom. The van der Waals surface area contributed by atoms with Crippen LogP contribution in [0.1, 0.15) is 46.6 Å². The number of hydrogen-bond acceptors (Lipinski definition) is 7. The summed E-state index contributed by atoms with van der Waals surface area (Å²) in [7, 11) is 0. The first-order valence-corrected chi connectivity index (χ1v) is 10.1. The quantitative estimate of drug-likeness (QED) is 0.645. The fraction of sp³-hybridized carbons (Fsp3) is 0.455. The lowest BCUT2D eigenvalue weighted by molar-refractivity contribution is -0.118. The van der Waals surface area contributed by atoms with Gasteiger partial charge in [0.05, 0.1) is 24.7 Å². The standard InChI is InChI=1S/C22H30N4O5/c1-7-17(26-21(28)31-22(4,5)6)19(27)25-15-12-23-20(24-13-15)30-16-10-9-14(3)18(11-16)29-8-2/h9-13,17H,7-8H2,1-6H3,(H,25,27)(H,26,28)/t17-/m1/s1. The van der Waals surface area contributed by atoms with Gasteiger partial charge in [-0.05, 0) is 52.7 Å². The molecule has 0 radical (unpaired) electrons. The van der Waals surface area contributed by atoms with E-state index in [1.54, 1.807) is 39.8 Å². The third kappa shape index (κ3) is 7.76. The molecule has 31 heavy (non-hydrogen) atoms. The molecule has 0 aliphatic rings. The maximum atomic E-state index is 12.5. The summed E-state index contributed by atoms with van der Waals surface area (Å²) in [4.78, 5) is 32.6. The fourth-order valence-corrected chi connectivity index (χ4v) is 2.53. The van der Waals surface area contributed by atoms with Crippen molar-refractivity contribution in [3.8, 4) is 17.5 Å². The predicted molar refractivity (Wildman–Crippen MR) is 117 cm³/mol. The van der Waals surface area contributed by atoms with Crippen LogP contribution < -0.4 is 20.1 Å². The summed E-state index contributed by atoms with van der Waals surface area (Å²) >= 11 is 0. The number of ether oxygens (including phenoxy) is 3. The Bertz CT molecular complexity index is 894. The van der Waals surface area contributed by atoms with Crippen molar-refractivity contribution in [2.75, 3.05) is 11.9 Å². The van der Waals surface area contributed by atoms with Gasteiger partial charge < -0.3 is 24.8 Å². The number of amides is 2. The Morgan fingerprint density at radius 3 is 2.39 bits per heavy atom. The molecule has 9 nitrogen and oxygen atoms in total. The van der Waals surface area contributed by atoms with Crippen molar-refractivity contribution in [2.45, 2.75) is 59.6 Å². The Hall–Kier alpha value is -3.36. The highest BCUT2D eigenvalue weighted by Gasteiger charge is 2.23. The summed E-state index contributed by atoms with van der Waals surface area (Å²) in [6.45, 7) is 11.5. The molecule has 0 fully saturated rings. The molecule has 2 N–H and O–H groups in total. The average Bonchev–Trinajstić information content (AvgIpc) is 2.69. The molecule has 0 unspecified atom stereocenters. The van der Waals surface area contributed by atoms with E-state index in [4.69, 9.17) is 14.2 Å². The topological polar surface area (TPSA) is 112 Å². The van der Waals surface area contributed by atoms with E-state index < -0.39 is 23.6 Å². The molecule has 1 aromatic heterocycles. The van der Waals surface area contributed by atoms with Crippen LogP contribution in [0.4, 0.5) is 10.5 Å². The van der Waals surface area contributed by atoms with Crippen LogP contribution in [0.5, 0.6) is 17.5 Å². The number of aryl methyl sites for hydroxylation is 1. The summed E-state index contributed by atoms with van der Waals surface area (Å²) in [5.74, 6) is 0.871. The molecule has 0 bridgehead atoms. The van der Waals surface area contributed by atoms with E-state index in [0.29, 0.717) is 24.5 Å². The van der Waals surface area contributed by atoms with E-state index in [1.165, 1.54) is 12.4 Å². The molecular formula is C22H30N4O5. The molecule has 2 aromatic rings. The Balaban J connectivity index is 1.97. The lowest BCUT2D eigenvalue weighted by Crippen LogP contribution is -2.45. The predicted octanol–water partition coefficient (Wildman–Crippen LogP) is 4.22. The summed E-state index contributed by atoms with van der Waals surface area (Å²) < 4.78 is 16.4. The van der Waals surface area contributed by atoms with Crippen molar-refractivity contribution in [3.05, 3.63) is 36.2 Å². The molecule has 1 heterocycles. The lowest BCUT2D eigenvalue weighted by atomic mass is 10.2. The van der Waals surface area contributed by atoms with Crippen LogP contribution in [0.15, 0.2) is 30.6 Å². The highest BCUT2D eigenvalue weighted by Crippen LogP contribution is 2.26. The monoisotopic (exact) mass is 430 g/mol. The van der Waals surface area contributed by atoms with E-state index in [9.17, 15) is 9.59 Å². The number of carbonyl (C=O) groups excluding carboxylic acids is 2. The van der Waals surface area contributed by atoms with Crippen LogP contribution in [-0.2, 0) is 9.53 Å². The van der Waals surface area contributed by atoms with Crippen LogP contribution in [0.2, 0.25) is 0 Å². The van der Waals surface area contributed by atoms with E-state index in [1.807, 2.05) is 19.9 Å². The second-order valence-corrected chi connectivity index (χ2v) is 7.81. The van der Waals surface area contributed by atoms with Crippen LogP contribution in [0.3, 0.4) is 0 Å². The third-order valence-corrected chi connectivity index (χ3v) is 3.98. The number of anilines is 1. The minimum absolute atomic E-state index is 0.128. The van der Waals surface area contributed by atoms with Gasteiger partial charge in [0, 0.05) is 6.07 Å². The van der Waals surface area contributed by atoms with Crippen LogP contribution in [0, 0.1) is 6.92 Å². The number of nitrogens with zero attached hydrogens (tertiary/aromatic N) is 2. The summed E-state index contributed by atoms with van der Waals surface area (Å²) in [5, 5.41) is 5.23. The van der Waals surface area contributed by atoms with Gasteiger partial charge in [0.2, 0.25) is 5.91 Å². The highest BCUT2D eigenvalue weighted by molar-refractivity contribution is 5.96. The molecule has 9 heteroatoms. The molecule has 1 aromatic carbocycles. The van der Waals surface area contributed by atoms with Crippen molar-refractivity contribution in [1.82, 2.24) is 15.3 Å². The summed E-state index contributed by atoms with van der Waals surface area (Å²) in [6.07, 6.45) is 2.60. The van der Waals surface area contributed by atoms with Crippen molar-refractivity contribution in [1.29, 1.82) is 0 Å². The normalized spacial score (nSPS) is 11.9. The molecular weight excluding hydrogens is 400 g/mol. The first kappa shape index (κ1) is 23.9. The summed E-state index contributed by atoms with van der Waals surface area (Å²) in [6, 6.07) is 4.83. The SMILES string of the molecule is CCOc1cc(Oc2ncc(NC(=O)[C@@H](CC)NC(=O)OC(C)(C)C)cn2)ccc1C. The molecule has 0 aliphatic heterocycles. The smallest absolute Gasteiger partial charge is 0.408 e. The largest absolute Gasteiger partial charge is 0.493 e. The maximum absolute atomic E-state index is 12.5. The Labute approximate surface area is 182 Å². The van der Waals surface area contributed by atoms with Crippen LogP contribution in [-0.4, -0.2) is 40.2 Å². The maximum Gasteiger partial charge on any atom is 0.408 e. The average molecular weight is 431 g/mol. The van der Waals surface area contributed by atoms with Crippen LogP contribution >= 0.6 is 0 Å². The molecule has 0 spiro atoms. The number of hydrogen-bond donors (Lipinski definition) is 2. The minimum atomic E-state index is -0.754. The van der Waals surface area contributed by atoms with Crippen molar-refractivity contribution < 1.29 is 23.8 Å². The third-order valence-electron chi connectivity index (χ3n) is 3.98. The second-order valence-electron chi connectivity index (χ2n) is 7.81. The first-order chi connectivity index (χ1) is 14.6. The van der Waals surface area contributed by atoms with Gasteiger partial charge >= 0.3 is 12.1 Å². The molecule has 168 valence electrons. The van der Waals surface area contributed by atoms with Gasteiger partial charge in [-0.15, -0.1) is 0 Å². The number of benzene rings is 1. The zero-order valence-corrected chi connectivity index (χ0v) is 18.8. The number of carbonyl (C=O) groups is 2. The van der Waals surface area contributed by atoms with E-state index in [2.05, 4.69) is 20.6 Å². The number of alkyl carbamates (subject to hydrolysis) is 1. The summed E-state index contributed by atoms with van der Waals surface area (Å²) in [5.41, 5.74) is 0.725. The molecule has 2 amide bonds. The van der Waals surface area contributed by atoms with Gasteiger partial charge in [0.1, 0.15) is 23.1 Å². The minimum Gasteiger partial charge on any atom is -0.493 e. The number of nitrogens with one attached hydrogen (secondary N) is 2. The molecule has 0 saturated carbocycles. The van der Waals surface area contributed by atoms with Gasteiger partial charge in [-0.3, -0.25) is 4.79 Å². The van der Waals surface area contributed by atoms with Gasteiger partial charge in [-0.2, -0.15) is 0 Å². The molecule has 0 aliphatic carbocycles. The van der Waals surface area contributed by atoms with Gasteiger partial charge in [0.25, 0.3) is 0 Å². The Kier molecular flexibility index (Phi) is 8.18.